The lowest BCUT2D eigenvalue weighted by Gasteiger charge is -2.16. The summed E-state index contributed by atoms with van der Waals surface area (Å²) in [7, 11) is 3.54. The van der Waals surface area contributed by atoms with Gasteiger partial charge in [-0.15, -0.1) is 0 Å². The smallest absolute Gasteiger partial charge is 0.157 e. The Bertz CT molecular complexity index is 644. The summed E-state index contributed by atoms with van der Waals surface area (Å²) in [4.78, 5) is 2.21. The fourth-order valence-corrected chi connectivity index (χ4v) is 2.95. The molecule has 0 bridgehead atoms. The molecule has 6 nitrogen and oxygen atoms in total. The van der Waals surface area contributed by atoms with Crippen LogP contribution in [0.15, 0.2) is 36.7 Å². The number of aromatic nitrogens is 2. The van der Waals surface area contributed by atoms with Crippen LogP contribution in [-0.2, 0) is 24.9 Å². The number of methoxy groups -OCH3 is 1. The third-order valence-electron chi connectivity index (χ3n) is 3.99. The number of aliphatic hydroxyl groups is 1. The third kappa shape index (κ3) is 4.10. The van der Waals surface area contributed by atoms with Crippen LogP contribution < -0.4 is 4.74 Å². The fourth-order valence-electron chi connectivity index (χ4n) is 2.95. The number of aliphatic hydroxyl groups excluding tert-OH is 1. The molecule has 1 fully saturated rings. The van der Waals surface area contributed by atoms with Crippen LogP contribution in [0.5, 0.6) is 5.75 Å². The first kappa shape index (κ1) is 16.0. The lowest BCUT2D eigenvalue weighted by atomic mass is 10.1. The summed E-state index contributed by atoms with van der Waals surface area (Å²) in [6, 6.07) is 8.34. The Labute approximate surface area is 136 Å². The largest absolute Gasteiger partial charge is 0.483 e. The molecule has 1 N–H and O–H groups in total. The van der Waals surface area contributed by atoms with Crippen molar-refractivity contribution in [2.24, 2.45) is 7.05 Å². The molecule has 2 atom stereocenters. The fraction of sp³-hybridized carbons (Fsp3) is 0.471. The molecule has 0 amide bonds. The lowest BCUT2D eigenvalue weighted by Crippen LogP contribution is -2.29. The summed E-state index contributed by atoms with van der Waals surface area (Å²) in [6.45, 7) is 2.72. The van der Waals surface area contributed by atoms with Gasteiger partial charge >= 0.3 is 0 Å². The third-order valence-corrected chi connectivity index (χ3v) is 3.99. The average Bonchev–Trinajstić information content (AvgIpc) is 3.06. The second-order valence-electron chi connectivity index (χ2n) is 6.02. The van der Waals surface area contributed by atoms with Crippen molar-refractivity contribution < 1.29 is 14.6 Å². The van der Waals surface area contributed by atoms with Gasteiger partial charge in [0.1, 0.15) is 12.2 Å². The van der Waals surface area contributed by atoms with Crippen molar-refractivity contribution in [3.05, 3.63) is 47.8 Å². The van der Waals surface area contributed by atoms with E-state index in [1.165, 1.54) is 5.56 Å². The molecule has 1 aromatic carbocycles. The van der Waals surface area contributed by atoms with Crippen molar-refractivity contribution in [1.82, 2.24) is 14.7 Å². The highest BCUT2D eigenvalue weighted by molar-refractivity contribution is 5.23. The van der Waals surface area contributed by atoms with Crippen molar-refractivity contribution in [3.63, 3.8) is 0 Å². The summed E-state index contributed by atoms with van der Waals surface area (Å²) in [5, 5.41) is 14.3. The number of likely N-dealkylation sites (tertiary alicyclic amines) is 1. The minimum atomic E-state index is -0.489. The van der Waals surface area contributed by atoms with E-state index in [0.717, 1.165) is 12.1 Å². The van der Waals surface area contributed by atoms with Crippen LogP contribution >= 0.6 is 0 Å². The van der Waals surface area contributed by atoms with Crippen molar-refractivity contribution in [1.29, 1.82) is 0 Å². The quantitative estimate of drug-likeness (QED) is 0.867. The summed E-state index contributed by atoms with van der Waals surface area (Å²) in [6.07, 6.45) is 2.77. The van der Waals surface area contributed by atoms with Gasteiger partial charge in [0, 0.05) is 33.8 Å². The zero-order valence-corrected chi connectivity index (χ0v) is 13.6. The molecule has 0 unspecified atom stereocenters. The first-order valence-electron chi connectivity index (χ1n) is 7.76. The van der Waals surface area contributed by atoms with Crippen molar-refractivity contribution in [2.75, 3.05) is 20.2 Å². The van der Waals surface area contributed by atoms with Gasteiger partial charge in [0.15, 0.2) is 5.75 Å². The van der Waals surface area contributed by atoms with Crippen LogP contribution in [0, 0.1) is 0 Å². The predicted octanol–water partition coefficient (Wildman–Crippen LogP) is 1.19. The highest BCUT2D eigenvalue weighted by Gasteiger charge is 2.33. The highest BCUT2D eigenvalue weighted by Crippen LogP contribution is 2.20. The minimum Gasteiger partial charge on any atom is -0.483 e. The highest BCUT2D eigenvalue weighted by atomic mass is 16.5. The van der Waals surface area contributed by atoms with Gasteiger partial charge in [-0.2, -0.15) is 5.10 Å². The molecule has 1 aliphatic heterocycles. The van der Waals surface area contributed by atoms with Gasteiger partial charge in [-0.1, -0.05) is 24.3 Å². The Morgan fingerprint density at radius 2 is 2.13 bits per heavy atom. The number of aryl methyl sites for hydroxylation is 1. The van der Waals surface area contributed by atoms with Gasteiger partial charge in [0.2, 0.25) is 0 Å². The summed E-state index contributed by atoms with van der Waals surface area (Å²) < 4.78 is 12.7. The number of β-amino-alcohol motifs (C(OH)–C–C–N with tert-alkyl or cyclic N) is 1. The van der Waals surface area contributed by atoms with Crippen molar-refractivity contribution >= 4 is 0 Å². The van der Waals surface area contributed by atoms with E-state index in [-0.39, 0.29) is 6.10 Å². The Morgan fingerprint density at radius 1 is 1.30 bits per heavy atom. The van der Waals surface area contributed by atoms with Crippen LogP contribution in [0.2, 0.25) is 0 Å². The van der Waals surface area contributed by atoms with E-state index in [0.29, 0.717) is 25.4 Å². The summed E-state index contributed by atoms with van der Waals surface area (Å²) in [5.41, 5.74) is 2.38. The van der Waals surface area contributed by atoms with E-state index < -0.39 is 6.10 Å². The topological polar surface area (TPSA) is 59.8 Å². The monoisotopic (exact) mass is 317 g/mol. The van der Waals surface area contributed by atoms with Gasteiger partial charge in [-0.25, -0.2) is 0 Å². The minimum absolute atomic E-state index is 0.221. The number of hydrogen-bond donors (Lipinski definition) is 1. The van der Waals surface area contributed by atoms with Crippen molar-refractivity contribution in [2.45, 2.75) is 25.4 Å². The van der Waals surface area contributed by atoms with Crippen molar-refractivity contribution in [3.8, 4) is 5.75 Å². The molecule has 1 saturated heterocycles. The van der Waals surface area contributed by atoms with E-state index in [1.54, 1.807) is 18.0 Å². The zero-order valence-electron chi connectivity index (χ0n) is 13.6. The molecule has 2 aromatic rings. The van der Waals surface area contributed by atoms with Gasteiger partial charge in [-0.3, -0.25) is 9.58 Å². The van der Waals surface area contributed by atoms with E-state index in [9.17, 15) is 5.11 Å². The number of rotatable bonds is 6. The van der Waals surface area contributed by atoms with Crippen LogP contribution in [-0.4, -0.2) is 52.2 Å². The van der Waals surface area contributed by atoms with Crippen LogP contribution in [0.3, 0.4) is 0 Å². The van der Waals surface area contributed by atoms with Crippen LogP contribution in [0.4, 0.5) is 0 Å². The molecule has 6 heteroatoms. The molecule has 1 aliphatic rings. The average molecular weight is 317 g/mol. The van der Waals surface area contributed by atoms with Gasteiger partial charge in [0.05, 0.1) is 19.0 Å². The molecule has 0 spiro atoms. The molecule has 0 radical (unpaired) electrons. The number of nitrogens with zero attached hydrogens (tertiary/aromatic N) is 3. The lowest BCUT2D eigenvalue weighted by molar-refractivity contribution is 0.0736. The van der Waals surface area contributed by atoms with Gasteiger partial charge in [-0.05, 0) is 11.1 Å². The maximum absolute atomic E-state index is 10.2. The maximum atomic E-state index is 10.2. The Morgan fingerprint density at radius 3 is 2.87 bits per heavy atom. The summed E-state index contributed by atoms with van der Waals surface area (Å²) in [5.74, 6) is 0.695. The normalized spacial score (nSPS) is 21.7. The van der Waals surface area contributed by atoms with E-state index >= 15 is 0 Å². The molecule has 124 valence electrons. The first-order valence-corrected chi connectivity index (χ1v) is 7.76. The van der Waals surface area contributed by atoms with Crippen LogP contribution in [0.25, 0.3) is 0 Å². The van der Waals surface area contributed by atoms with E-state index in [2.05, 4.69) is 28.2 Å². The Hall–Kier alpha value is -1.89. The molecule has 0 saturated carbocycles. The second kappa shape index (κ2) is 7.12. The first-order chi connectivity index (χ1) is 11.1. The zero-order chi connectivity index (χ0) is 16.2. The second-order valence-corrected chi connectivity index (χ2v) is 6.02. The predicted molar refractivity (Wildman–Crippen MR) is 86.1 cm³/mol. The number of benzene rings is 1. The van der Waals surface area contributed by atoms with Gasteiger partial charge < -0.3 is 14.6 Å². The summed E-state index contributed by atoms with van der Waals surface area (Å²) >= 11 is 0. The molecule has 23 heavy (non-hydrogen) atoms. The Balaban J connectivity index is 1.59. The number of hydrogen-bond acceptors (Lipinski definition) is 5. The number of ether oxygens (including phenoxy) is 2. The van der Waals surface area contributed by atoms with Crippen LogP contribution in [0.1, 0.15) is 11.1 Å². The van der Waals surface area contributed by atoms with Gasteiger partial charge in [0.25, 0.3) is 0 Å². The Kier molecular flexibility index (Phi) is 4.95. The molecule has 2 heterocycles. The molecule has 1 aromatic heterocycles. The molecule has 3 rings (SSSR count). The molecular weight excluding hydrogens is 294 g/mol. The standard InChI is InChI=1S/C17H23N3O3/c1-19-9-15(7-18-19)23-17-11-20(10-16(17)21)8-13-4-3-5-14(6-13)12-22-2/h3-7,9,16-17,21H,8,10-12H2,1-2H3/t16-,17-/m1/s1. The van der Waals surface area contributed by atoms with E-state index in [4.69, 9.17) is 9.47 Å². The maximum Gasteiger partial charge on any atom is 0.157 e. The van der Waals surface area contributed by atoms with E-state index in [1.807, 2.05) is 19.3 Å². The molecule has 0 aliphatic carbocycles. The SMILES string of the molecule is COCc1cccc(CN2C[C@@H](O)[C@H](Oc3cnn(C)c3)C2)c1. The molecular formula is C17H23N3O3.